The lowest BCUT2D eigenvalue weighted by molar-refractivity contribution is -0.123. The molecule has 0 aliphatic carbocycles. The summed E-state index contributed by atoms with van der Waals surface area (Å²) in [6.07, 6.45) is 0.662. The van der Waals surface area contributed by atoms with Crippen LogP contribution < -0.4 is 16.0 Å². The van der Waals surface area contributed by atoms with Crippen molar-refractivity contribution in [2.45, 2.75) is 19.4 Å². The second-order valence-corrected chi connectivity index (χ2v) is 4.01. The van der Waals surface area contributed by atoms with E-state index < -0.39 is 0 Å². The molecule has 17 heavy (non-hydrogen) atoms. The number of aromatic nitrogens is 3. The monoisotopic (exact) mass is 256 g/mol. The van der Waals surface area contributed by atoms with Crippen LogP contribution in [0.2, 0.25) is 5.28 Å². The number of halogens is 1. The first kappa shape index (κ1) is 11.8. The number of nitrogens with two attached hydrogens (primary N) is 1. The molecule has 2 heterocycles. The van der Waals surface area contributed by atoms with Crippen LogP contribution in [0.3, 0.4) is 0 Å². The van der Waals surface area contributed by atoms with Crippen LogP contribution in [0.25, 0.3) is 0 Å². The predicted molar refractivity (Wildman–Crippen MR) is 63.7 cm³/mol. The Kier molecular flexibility index (Phi) is 3.28. The third kappa shape index (κ3) is 2.38. The highest BCUT2D eigenvalue weighted by atomic mass is 35.5. The van der Waals surface area contributed by atoms with E-state index in [2.05, 4.69) is 20.3 Å². The number of nitrogens with zero attached hydrogens (tertiary/aromatic N) is 4. The maximum absolute atomic E-state index is 11.7. The maximum Gasteiger partial charge on any atom is 0.242 e. The molecule has 1 unspecified atom stereocenters. The Morgan fingerprint density at radius 1 is 1.53 bits per heavy atom. The standard InChI is InChI=1S/C9H13ClN6O/c1-2-5-6(17)12-3-4-16(5)9-14-7(10)13-8(11)15-9/h5H,2-4H2,1H3,(H,12,17)(H2,11,13,14,15). The Morgan fingerprint density at radius 3 is 2.94 bits per heavy atom. The average molecular weight is 257 g/mol. The molecule has 1 aromatic rings. The van der Waals surface area contributed by atoms with E-state index in [1.165, 1.54) is 0 Å². The zero-order chi connectivity index (χ0) is 12.4. The van der Waals surface area contributed by atoms with Crippen LogP contribution in [0.5, 0.6) is 0 Å². The second kappa shape index (κ2) is 4.70. The van der Waals surface area contributed by atoms with Gasteiger partial charge in [-0.3, -0.25) is 4.79 Å². The fourth-order valence-corrected chi connectivity index (χ4v) is 2.01. The molecule has 7 nitrogen and oxygen atoms in total. The van der Waals surface area contributed by atoms with Crippen LogP contribution in [-0.2, 0) is 4.79 Å². The summed E-state index contributed by atoms with van der Waals surface area (Å²) >= 11 is 5.73. The Hall–Kier alpha value is -1.63. The maximum atomic E-state index is 11.7. The number of rotatable bonds is 2. The molecule has 0 spiro atoms. The lowest BCUT2D eigenvalue weighted by Crippen LogP contribution is -2.55. The summed E-state index contributed by atoms with van der Waals surface area (Å²) in [7, 11) is 0. The molecular formula is C9H13ClN6O. The summed E-state index contributed by atoms with van der Waals surface area (Å²) in [5.74, 6) is 0.374. The number of amides is 1. The fourth-order valence-electron chi connectivity index (χ4n) is 1.84. The number of hydrogen-bond donors (Lipinski definition) is 2. The van der Waals surface area contributed by atoms with Gasteiger partial charge in [0.2, 0.25) is 23.1 Å². The minimum Gasteiger partial charge on any atom is -0.368 e. The van der Waals surface area contributed by atoms with Crippen molar-refractivity contribution < 1.29 is 4.79 Å². The van der Waals surface area contributed by atoms with Crippen molar-refractivity contribution in [2.24, 2.45) is 0 Å². The average Bonchev–Trinajstić information content (AvgIpc) is 2.27. The molecule has 1 atom stereocenters. The SMILES string of the molecule is CCC1C(=O)NCCN1c1nc(N)nc(Cl)n1. The number of piperazine rings is 1. The van der Waals surface area contributed by atoms with Gasteiger partial charge in [-0.05, 0) is 18.0 Å². The van der Waals surface area contributed by atoms with Crippen molar-refractivity contribution in [3.8, 4) is 0 Å². The summed E-state index contributed by atoms with van der Waals surface area (Å²) in [6.45, 7) is 3.11. The third-order valence-electron chi connectivity index (χ3n) is 2.59. The van der Waals surface area contributed by atoms with Gasteiger partial charge in [0.1, 0.15) is 6.04 Å². The smallest absolute Gasteiger partial charge is 0.242 e. The van der Waals surface area contributed by atoms with Gasteiger partial charge in [-0.25, -0.2) is 0 Å². The molecule has 3 N–H and O–H groups in total. The van der Waals surface area contributed by atoms with Gasteiger partial charge < -0.3 is 16.0 Å². The highest BCUT2D eigenvalue weighted by Crippen LogP contribution is 2.18. The first-order chi connectivity index (χ1) is 8.11. The summed E-state index contributed by atoms with van der Waals surface area (Å²) in [5, 5.41) is 2.83. The Labute approximate surface area is 103 Å². The first-order valence-corrected chi connectivity index (χ1v) is 5.71. The normalized spacial score (nSPS) is 20.2. The Bertz CT molecular complexity index is 419. The van der Waals surface area contributed by atoms with Gasteiger partial charge in [-0.15, -0.1) is 0 Å². The molecule has 0 aromatic carbocycles. The van der Waals surface area contributed by atoms with Crippen molar-refractivity contribution in [1.29, 1.82) is 0 Å². The molecule has 0 radical (unpaired) electrons. The van der Waals surface area contributed by atoms with Crippen LogP contribution in [0.15, 0.2) is 0 Å². The largest absolute Gasteiger partial charge is 0.368 e. The first-order valence-electron chi connectivity index (χ1n) is 5.33. The number of carbonyl (C=O) groups is 1. The van der Waals surface area contributed by atoms with Gasteiger partial charge in [0, 0.05) is 13.1 Å². The summed E-state index contributed by atoms with van der Waals surface area (Å²) in [6, 6.07) is -0.290. The summed E-state index contributed by atoms with van der Waals surface area (Å²) in [4.78, 5) is 25.2. The van der Waals surface area contributed by atoms with E-state index in [1.807, 2.05) is 6.92 Å². The zero-order valence-electron chi connectivity index (χ0n) is 9.35. The molecule has 0 saturated carbocycles. The molecule has 1 saturated heterocycles. The van der Waals surface area contributed by atoms with E-state index in [9.17, 15) is 4.79 Å². The molecule has 92 valence electrons. The summed E-state index contributed by atoms with van der Waals surface area (Å²) < 4.78 is 0. The van der Waals surface area contributed by atoms with E-state index in [-0.39, 0.29) is 23.2 Å². The van der Waals surface area contributed by atoms with E-state index in [0.717, 1.165) is 0 Å². The number of hydrogen-bond acceptors (Lipinski definition) is 6. The van der Waals surface area contributed by atoms with Gasteiger partial charge in [-0.1, -0.05) is 6.92 Å². The zero-order valence-corrected chi connectivity index (χ0v) is 10.1. The van der Waals surface area contributed by atoms with Crippen LogP contribution >= 0.6 is 11.6 Å². The minimum atomic E-state index is -0.290. The second-order valence-electron chi connectivity index (χ2n) is 3.67. The van der Waals surface area contributed by atoms with Crippen LogP contribution in [0.1, 0.15) is 13.3 Å². The molecule has 1 aromatic heterocycles. The van der Waals surface area contributed by atoms with Gasteiger partial charge >= 0.3 is 0 Å². The van der Waals surface area contributed by atoms with Gasteiger partial charge in [-0.2, -0.15) is 15.0 Å². The molecule has 1 aliphatic rings. The molecule has 0 bridgehead atoms. The molecule has 1 aliphatic heterocycles. The van der Waals surface area contributed by atoms with Crippen LogP contribution in [0.4, 0.5) is 11.9 Å². The topological polar surface area (TPSA) is 97.0 Å². The third-order valence-corrected chi connectivity index (χ3v) is 2.76. The van der Waals surface area contributed by atoms with Crippen molar-refractivity contribution in [3.63, 3.8) is 0 Å². The van der Waals surface area contributed by atoms with E-state index >= 15 is 0 Å². The highest BCUT2D eigenvalue weighted by Gasteiger charge is 2.30. The fraction of sp³-hybridized carbons (Fsp3) is 0.556. The van der Waals surface area contributed by atoms with Crippen molar-refractivity contribution in [3.05, 3.63) is 5.28 Å². The van der Waals surface area contributed by atoms with E-state index in [4.69, 9.17) is 17.3 Å². The molecule has 2 rings (SSSR count). The van der Waals surface area contributed by atoms with E-state index in [0.29, 0.717) is 25.5 Å². The number of nitrogens with one attached hydrogen (secondary N) is 1. The molecule has 1 amide bonds. The lowest BCUT2D eigenvalue weighted by Gasteiger charge is -2.34. The molecule has 1 fully saturated rings. The van der Waals surface area contributed by atoms with Gasteiger partial charge in [0.15, 0.2) is 0 Å². The van der Waals surface area contributed by atoms with E-state index in [1.54, 1.807) is 4.90 Å². The number of nitrogen functional groups attached to an aromatic ring is 1. The van der Waals surface area contributed by atoms with Crippen molar-refractivity contribution in [1.82, 2.24) is 20.3 Å². The van der Waals surface area contributed by atoms with Crippen LogP contribution in [0, 0.1) is 0 Å². The van der Waals surface area contributed by atoms with Gasteiger partial charge in [0.25, 0.3) is 0 Å². The van der Waals surface area contributed by atoms with Gasteiger partial charge in [0.05, 0.1) is 0 Å². The Morgan fingerprint density at radius 2 is 2.29 bits per heavy atom. The predicted octanol–water partition coefficient (Wildman–Crippen LogP) is -0.178. The lowest BCUT2D eigenvalue weighted by atomic mass is 10.1. The molecule has 8 heteroatoms. The summed E-state index contributed by atoms with van der Waals surface area (Å²) in [5.41, 5.74) is 5.51. The molecular weight excluding hydrogens is 244 g/mol. The van der Waals surface area contributed by atoms with Crippen molar-refractivity contribution >= 4 is 29.4 Å². The quantitative estimate of drug-likeness (QED) is 0.762. The van der Waals surface area contributed by atoms with Crippen LogP contribution in [-0.4, -0.2) is 40.0 Å². The van der Waals surface area contributed by atoms with Crippen molar-refractivity contribution in [2.75, 3.05) is 23.7 Å². The number of carbonyl (C=O) groups excluding carboxylic acids is 1. The number of anilines is 2. The minimum absolute atomic E-state index is 0.0335. The highest BCUT2D eigenvalue weighted by molar-refractivity contribution is 6.28. The Balaban J connectivity index is 2.33.